The lowest BCUT2D eigenvalue weighted by atomic mass is 10.2. The van der Waals surface area contributed by atoms with Crippen LogP contribution in [0.5, 0.6) is 0 Å². The first-order chi connectivity index (χ1) is 13.9. The van der Waals surface area contributed by atoms with Crippen LogP contribution in [0.2, 0.25) is 5.02 Å². The van der Waals surface area contributed by atoms with Crippen LogP contribution in [0.25, 0.3) is 11.3 Å². The van der Waals surface area contributed by atoms with Crippen LogP contribution in [-0.4, -0.2) is 15.0 Å². The number of nitrogens with one attached hydrogen (secondary N) is 1. The summed E-state index contributed by atoms with van der Waals surface area (Å²) in [5, 5.41) is 12.3. The minimum absolute atomic E-state index is 0.0844. The van der Waals surface area contributed by atoms with Crippen LogP contribution in [0.4, 0.5) is 0 Å². The molecular formula is C20H17ClN4O4. The molecule has 3 rings (SSSR count). The van der Waals surface area contributed by atoms with E-state index in [1.54, 1.807) is 37.3 Å². The minimum Gasteiger partial charge on any atom is -0.459 e. The Balaban J connectivity index is 1.70. The van der Waals surface area contributed by atoms with Crippen LogP contribution >= 0.6 is 11.6 Å². The zero-order chi connectivity index (χ0) is 21.0. The fraction of sp³-hybridized carbons (Fsp3) is 0.200. The van der Waals surface area contributed by atoms with Crippen LogP contribution < -0.4 is 16.6 Å². The molecule has 0 aliphatic carbocycles. The normalized spacial score (nSPS) is 10.5. The van der Waals surface area contributed by atoms with Gasteiger partial charge in [0, 0.05) is 23.3 Å². The fourth-order valence-corrected chi connectivity index (χ4v) is 2.85. The summed E-state index contributed by atoms with van der Waals surface area (Å²) in [7, 11) is 0. The molecule has 29 heavy (non-hydrogen) atoms. The van der Waals surface area contributed by atoms with Gasteiger partial charge in [0.05, 0.1) is 6.54 Å². The third-order valence-corrected chi connectivity index (χ3v) is 4.50. The lowest BCUT2D eigenvalue weighted by Gasteiger charge is -2.09. The van der Waals surface area contributed by atoms with Crippen LogP contribution in [-0.2, 0) is 24.4 Å². The number of halogens is 1. The molecule has 0 spiro atoms. The molecule has 2 aromatic heterocycles. The maximum Gasteiger partial charge on any atom is 0.331 e. The minimum atomic E-state index is -0.791. The first kappa shape index (κ1) is 20.2. The van der Waals surface area contributed by atoms with Gasteiger partial charge in [-0.2, -0.15) is 5.26 Å². The molecule has 0 saturated heterocycles. The highest BCUT2D eigenvalue weighted by molar-refractivity contribution is 6.30. The number of furan rings is 1. The Labute approximate surface area is 170 Å². The van der Waals surface area contributed by atoms with Crippen LogP contribution in [0.1, 0.15) is 18.2 Å². The molecule has 3 aromatic rings. The van der Waals surface area contributed by atoms with Gasteiger partial charge in [-0.05, 0) is 43.3 Å². The maximum absolute atomic E-state index is 12.3. The SMILES string of the molecule is CCn1cc(C#N)c(=O)n(CC(=O)NCc2ccc(-c3ccc(Cl)cc3)o2)c1=O. The maximum atomic E-state index is 12.3. The summed E-state index contributed by atoms with van der Waals surface area (Å²) in [5.41, 5.74) is -0.792. The standard InChI is InChI=1S/C20H17ClN4O4/c1-2-24-11-14(9-22)19(27)25(20(24)28)12-18(26)23-10-16-7-8-17(29-16)13-3-5-15(21)6-4-13/h3-8,11H,2,10,12H2,1H3,(H,23,26). The van der Waals surface area contributed by atoms with E-state index >= 15 is 0 Å². The lowest BCUT2D eigenvalue weighted by molar-refractivity contribution is -0.122. The highest BCUT2D eigenvalue weighted by Crippen LogP contribution is 2.23. The topological polar surface area (TPSA) is 110 Å². The second kappa shape index (κ2) is 8.63. The summed E-state index contributed by atoms with van der Waals surface area (Å²) in [4.78, 5) is 36.7. The van der Waals surface area contributed by atoms with Crippen molar-refractivity contribution in [1.29, 1.82) is 5.26 Å². The molecule has 0 aliphatic heterocycles. The van der Waals surface area contributed by atoms with Crippen molar-refractivity contribution in [2.75, 3.05) is 0 Å². The van der Waals surface area contributed by atoms with Gasteiger partial charge in [0.1, 0.15) is 29.7 Å². The molecular weight excluding hydrogens is 396 g/mol. The molecule has 8 nitrogen and oxygen atoms in total. The highest BCUT2D eigenvalue weighted by Gasteiger charge is 2.14. The van der Waals surface area contributed by atoms with Crippen LogP contribution in [0.15, 0.2) is 56.6 Å². The fourth-order valence-electron chi connectivity index (χ4n) is 2.72. The predicted molar refractivity (Wildman–Crippen MR) is 106 cm³/mol. The molecule has 148 valence electrons. The Morgan fingerprint density at radius 1 is 1.21 bits per heavy atom. The van der Waals surface area contributed by atoms with Crippen molar-refractivity contribution in [1.82, 2.24) is 14.5 Å². The zero-order valence-electron chi connectivity index (χ0n) is 15.5. The van der Waals surface area contributed by atoms with E-state index in [4.69, 9.17) is 21.3 Å². The number of aromatic nitrogens is 2. The van der Waals surface area contributed by atoms with Gasteiger partial charge in [-0.25, -0.2) is 9.36 Å². The van der Waals surface area contributed by atoms with E-state index in [-0.39, 0.29) is 18.7 Å². The molecule has 0 unspecified atom stereocenters. The van der Waals surface area contributed by atoms with Gasteiger partial charge in [0.2, 0.25) is 5.91 Å². The third kappa shape index (κ3) is 4.47. The lowest BCUT2D eigenvalue weighted by Crippen LogP contribution is -2.44. The zero-order valence-corrected chi connectivity index (χ0v) is 16.3. The summed E-state index contributed by atoms with van der Waals surface area (Å²) >= 11 is 5.87. The highest BCUT2D eigenvalue weighted by atomic mass is 35.5. The monoisotopic (exact) mass is 412 g/mol. The van der Waals surface area contributed by atoms with Crippen molar-refractivity contribution in [3.63, 3.8) is 0 Å². The number of nitrogens with zero attached hydrogens (tertiary/aromatic N) is 3. The third-order valence-electron chi connectivity index (χ3n) is 4.25. The molecule has 1 amide bonds. The van der Waals surface area contributed by atoms with Crippen molar-refractivity contribution in [3.8, 4) is 17.4 Å². The molecule has 2 heterocycles. The summed E-state index contributed by atoms with van der Waals surface area (Å²) < 4.78 is 7.65. The Bertz CT molecular complexity index is 1200. The van der Waals surface area contributed by atoms with E-state index in [1.807, 2.05) is 12.1 Å². The van der Waals surface area contributed by atoms with E-state index in [0.29, 0.717) is 16.5 Å². The Kier molecular flexibility index (Phi) is 6.00. The summed E-state index contributed by atoms with van der Waals surface area (Å²) in [5.74, 6) is 0.577. The molecule has 0 fully saturated rings. The smallest absolute Gasteiger partial charge is 0.331 e. The van der Waals surface area contributed by atoms with E-state index in [0.717, 1.165) is 10.1 Å². The van der Waals surface area contributed by atoms with E-state index < -0.39 is 23.7 Å². The number of carbonyl (C=O) groups excluding carboxylic acids is 1. The van der Waals surface area contributed by atoms with Gasteiger partial charge < -0.3 is 9.73 Å². The van der Waals surface area contributed by atoms with Crippen molar-refractivity contribution in [2.24, 2.45) is 0 Å². The molecule has 0 aliphatic rings. The molecule has 0 saturated carbocycles. The number of carbonyl (C=O) groups is 1. The average Bonchev–Trinajstić information content (AvgIpc) is 3.19. The van der Waals surface area contributed by atoms with E-state index in [9.17, 15) is 14.4 Å². The largest absolute Gasteiger partial charge is 0.459 e. The predicted octanol–water partition coefficient (Wildman–Crippen LogP) is 2.13. The number of rotatable bonds is 6. The van der Waals surface area contributed by atoms with Crippen molar-refractivity contribution >= 4 is 17.5 Å². The summed E-state index contributed by atoms with van der Waals surface area (Å²) in [6, 6.07) is 12.4. The average molecular weight is 413 g/mol. The van der Waals surface area contributed by atoms with Crippen LogP contribution in [0.3, 0.4) is 0 Å². The summed E-state index contributed by atoms with van der Waals surface area (Å²) in [6.07, 6.45) is 1.19. The second-order valence-corrected chi connectivity index (χ2v) is 6.60. The molecule has 1 aromatic carbocycles. The Hall–Kier alpha value is -3.57. The molecule has 1 N–H and O–H groups in total. The number of nitriles is 1. The van der Waals surface area contributed by atoms with Gasteiger partial charge in [0.15, 0.2) is 0 Å². The Morgan fingerprint density at radius 2 is 1.93 bits per heavy atom. The second-order valence-electron chi connectivity index (χ2n) is 6.16. The number of aryl methyl sites for hydroxylation is 1. The van der Waals surface area contributed by atoms with Crippen molar-refractivity contribution in [3.05, 3.63) is 79.8 Å². The van der Waals surface area contributed by atoms with Crippen molar-refractivity contribution in [2.45, 2.75) is 26.6 Å². The first-order valence-corrected chi connectivity index (χ1v) is 9.16. The van der Waals surface area contributed by atoms with E-state index in [1.165, 1.54) is 10.8 Å². The number of amides is 1. The van der Waals surface area contributed by atoms with E-state index in [2.05, 4.69) is 5.32 Å². The van der Waals surface area contributed by atoms with Gasteiger partial charge >= 0.3 is 5.69 Å². The number of benzene rings is 1. The Morgan fingerprint density at radius 3 is 2.59 bits per heavy atom. The van der Waals surface area contributed by atoms with Gasteiger partial charge in [-0.1, -0.05) is 11.6 Å². The van der Waals surface area contributed by atoms with Gasteiger partial charge in [0.25, 0.3) is 5.56 Å². The van der Waals surface area contributed by atoms with Gasteiger partial charge in [-0.15, -0.1) is 0 Å². The number of hydrogen-bond donors (Lipinski definition) is 1. The molecule has 0 radical (unpaired) electrons. The number of hydrogen-bond acceptors (Lipinski definition) is 5. The molecule has 9 heteroatoms. The van der Waals surface area contributed by atoms with Gasteiger partial charge in [-0.3, -0.25) is 14.2 Å². The van der Waals surface area contributed by atoms with Crippen molar-refractivity contribution < 1.29 is 9.21 Å². The summed E-state index contributed by atoms with van der Waals surface area (Å²) in [6.45, 7) is 1.57. The van der Waals surface area contributed by atoms with Crippen LogP contribution in [0, 0.1) is 11.3 Å². The first-order valence-electron chi connectivity index (χ1n) is 8.78. The molecule has 0 atom stereocenters. The molecule has 0 bridgehead atoms. The quantitative estimate of drug-likeness (QED) is 0.666.